The lowest BCUT2D eigenvalue weighted by molar-refractivity contribution is -0.0207. The molecule has 3 rings (SSSR count). The summed E-state index contributed by atoms with van der Waals surface area (Å²) < 4.78 is 12.8. The number of alkyl carbamates (subject to hydrolysis) is 1. The number of hydrogen-bond donors (Lipinski definition) is 4. The Morgan fingerprint density at radius 1 is 1.39 bits per heavy atom. The van der Waals surface area contributed by atoms with E-state index in [1.54, 1.807) is 31.7 Å². The molecular weight excluding hydrogens is 366 g/mol. The minimum atomic E-state index is -0.546. The first-order valence-electron chi connectivity index (χ1n) is 9.24. The molecule has 1 saturated heterocycles. The van der Waals surface area contributed by atoms with Crippen LogP contribution < -0.4 is 16.4 Å². The number of carbonyl (C=O) groups is 1. The number of rotatable bonds is 6. The standard InChI is InChI=1S/C17H27N7O4/c1-17(2,3)28-16(26)20-7-6-19-15-22-13(18)12-14(23-15)24(9-21-12)11-5-4-10(8-25)27-11/h9-11,25H,4-8H2,1-3H3,(H,20,26)(H3,18,19,22,23). The van der Waals surface area contributed by atoms with Gasteiger partial charge in [0.25, 0.3) is 0 Å². The third-order valence-electron chi connectivity index (χ3n) is 4.12. The maximum absolute atomic E-state index is 11.7. The van der Waals surface area contributed by atoms with Gasteiger partial charge in [-0.1, -0.05) is 0 Å². The molecule has 0 saturated carbocycles. The largest absolute Gasteiger partial charge is 0.444 e. The number of aliphatic hydroxyl groups is 1. The number of nitrogens with one attached hydrogen (secondary N) is 2. The lowest BCUT2D eigenvalue weighted by Crippen LogP contribution is -2.35. The van der Waals surface area contributed by atoms with Gasteiger partial charge in [0, 0.05) is 13.1 Å². The summed E-state index contributed by atoms with van der Waals surface area (Å²) in [4.78, 5) is 24.6. The number of nitrogens with two attached hydrogens (primary N) is 1. The van der Waals surface area contributed by atoms with E-state index in [4.69, 9.17) is 15.2 Å². The van der Waals surface area contributed by atoms with Crippen molar-refractivity contribution in [2.24, 2.45) is 0 Å². The van der Waals surface area contributed by atoms with Gasteiger partial charge < -0.3 is 30.9 Å². The Hall–Kier alpha value is -2.66. The van der Waals surface area contributed by atoms with Gasteiger partial charge in [0.15, 0.2) is 11.5 Å². The third-order valence-corrected chi connectivity index (χ3v) is 4.12. The van der Waals surface area contributed by atoms with E-state index in [0.29, 0.717) is 30.2 Å². The monoisotopic (exact) mass is 393 g/mol. The summed E-state index contributed by atoms with van der Waals surface area (Å²) in [5, 5.41) is 14.9. The summed E-state index contributed by atoms with van der Waals surface area (Å²) in [6, 6.07) is 0. The highest BCUT2D eigenvalue weighted by molar-refractivity contribution is 5.82. The van der Waals surface area contributed by atoms with Gasteiger partial charge >= 0.3 is 6.09 Å². The molecule has 0 aliphatic carbocycles. The second-order valence-electron chi connectivity index (χ2n) is 7.58. The number of aliphatic hydroxyl groups excluding tert-OH is 1. The molecule has 2 unspecified atom stereocenters. The predicted octanol–water partition coefficient (Wildman–Crippen LogP) is 1.01. The molecule has 2 aromatic rings. The summed E-state index contributed by atoms with van der Waals surface area (Å²) in [7, 11) is 0. The van der Waals surface area contributed by atoms with Crippen LogP contribution in [0.4, 0.5) is 16.6 Å². The van der Waals surface area contributed by atoms with Crippen molar-refractivity contribution in [2.75, 3.05) is 30.7 Å². The third kappa shape index (κ3) is 4.78. The van der Waals surface area contributed by atoms with Crippen molar-refractivity contribution in [1.29, 1.82) is 0 Å². The molecule has 0 aromatic carbocycles. The number of amides is 1. The number of anilines is 2. The van der Waals surface area contributed by atoms with Crippen LogP contribution in [-0.2, 0) is 9.47 Å². The van der Waals surface area contributed by atoms with Gasteiger partial charge in [-0.2, -0.15) is 9.97 Å². The van der Waals surface area contributed by atoms with Crippen molar-refractivity contribution in [1.82, 2.24) is 24.8 Å². The van der Waals surface area contributed by atoms with Gasteiger partial charge in [-0.05, 0) is 33.6 Å². The molecule has 1 aliphatic rings. The Bertz CT molecular complexity index is 833. The number of nitrogens with zero attached hydrogens (tertiary/aromatic N) is 4. The quantitative estimate of drug-likeness (QED) is 0.527. The molecule has 1 fully saturated rings. The molecule has 0 spiro atoms. The topological polar surface area (TPSA) is 149 Å². The fraction of sp³-hybridized carbons (Fsp3) is 0.647. The fourth-order valence-corrected chi connectivity index (χ4v) is 2.91. The number of nitrogen functional groups attached to an aromatic ring is 1. The summed E-state index contributed by atoms with van der Waals surface area (Å²) in [6.07, 6.45) is 2.22. The van der Waals surface area contributed by atoms with Crippen molar-refractivity contribution < 1.29 is 19.4 Å². The van der Waals surface area contributed by atoms with E-state index in [1.165, 1.54) is 0 Å². The van der Waals surface area contributed by atoms with Crippen LogP contribution in [0.5, 0.6) is 0 Å². The fourth-order valence-electron chi connectivity index (χ4n) is 2.91. The molecule has 154 valence electrons. The second kappa shape index (κ2) is 8.15. The van der Waals surface area contributed by atoms with E-state index < -0.39 is 11.7 Å². The Labute approximate surface area is 162 Å². The van der Waals surface area contributed by atoms with Gasteiger partial charge in [-0.3, -0.25) is 4.57 Å². The Morgan fingerprint density at radius 3 is 2.86 bits per heavy atom. The van der Waals surface area contributed by atoms with Crippen molar-refractivity contribution in [3.05, 3.63) is 6.33 Å². The lowest BCUT2D eigenvalue weighted by Gasteiger charge is -2.19. The van der Waals surface area contributed by atoms with Crippen LogP contribution in [-0.4, -0.2) is 62.1 Å². The lowest BCUT2D eigenvalue weighted by atomic mass is 10.2. The molecule has 11 nitrogen and oxygen atoms in total. The first-order chi connectivity index (χ1) is 13.3. The van der Waals surface area contributed by atoms with E-state index in [-0.39, 0.29) is 24.8 Å². The highest BCUT2D eigenvalue weighted by atomic mass is 16.6. The number of aromatic nitrogens is 4. The van der Waals surface area contributed by atoms with Crippen molar-refractivity contribution in [3.8, 4) is 0 Å². The van der Waals surface area contributed by atoms with E-state index in [9.17, 15) is 9.90 Å². The van der Waals surface area contributed by atoms with Crippen molar-refractivity contribution in [2.45, 2.75) is 51.5 Å². The van der Waals surface area contributed by atoms with Gasteiger partial charge in [0.1, 0.15) is 17.3 Å². The average Bonchev–Trinajstić information content (AvgIpc) is 3.23. The average molecular weight is 393 g/mol. The molecule has 0 bridgehead atoms. The molecule has 5 N–H and O–H groups in total. The maximum atomic E-state index is 11.7. The zero-order chi connectivity index (χ0) is 20.3. The normalized spacial score (nSPS) is 19.7. The maximum Gasteiger partial charge on any atom is 0.407 e. The van der Waals surface area contributed by atoms with Crippen LogP contribution in [0, 0.1) is 0 Å². The first kappa shape index (κ1) is 20.1. The minimum absolute atomic E-state index is 0.0162. The zero-order valence-corrected chi connectivity index (χ0v) is 16.3. The Kier molecular flexibility index (Phi) is 5.84. The van der Waals surface area contributed by atoms with E-state index in [0.717, 1.165) is 12.8 Å². The van der Waals surface area contributed by atoms with Crippen LogP contribution in [0.3, 0.4) is 0 Å². The van der Waals surface area contributed by atoms with Gasteiger partial charge in [-0.25, -0.2) is 9.78 Å². The summed E-state index contributed by atoms with van der Waals surface area (Å²) in [5.74, 6) is 0.581. The SMILES string of the molecule is CC(C)(C)OC(=O)NCCNc1nc(N)c2ncn(C3CCC(CO)O3)c2n1. The summed E-state index contributed by atoms with van der Waals surface area (Å²) >= 11 is 0. The first-order valence-corrected chi connectivity index (χ1v) is 9.24. The molecule has 11 heteroatoms. The number of hydrogen-bond acceptors (Lipinski definition) is 9. The molecule has 2 atom stereocenters. The van der Waals surface area contributed by atoms with E-state index in [2.05, 4.69) is 25.6 Å². The van der Waals surface area contributed by atoms with Crippen LogP contribution in [0.1, 0.15) is 39.8 Å². The van der Waals surface area contributed by atoms with Crippen molar-refractivity contribution in [3.63, 3.8) is 0 Å². The smallest absolute Gasteiger partial charge is 0.407 e. The molecule has 3 heterocycles. The zero-order valence-electron chi connectivity index (χ0n) is 16.3. The van der Waals surface area contributed by atoms with Crippen molar-refractivity contribution >= 4 is 29.0 Å². The molecule has 1 amide bonds. The van der Waals surface area contributed by atoms with E-state index >= 15 is 0 Å². The molecule has 0 radical (unpaired) electrons. The Morgan fingerprint density at radius 2 is 2.18 bits per heavy atom. The van der Waals surface area contributed by atoms with Crippen LogP contribution in [0.25, 0.3) is 11.2 Å². The highest BCUT2D eigenvalue weighted by Crippen LogP contribution is 2.31. The van der Waals surface area contributed by atoms with Gasteiger partial charge in [-0.15, -0.1) is 0 Å². The molecule has 1 aliphatic heterocycles. The second-order valence-corrected chi connectivity index (χ2v) is 7.58. The number of imidazole rings is 1. The highest BCUT2D eigenvalue weighted by Gasteiger charge is 2.28. The molecule has 28 heavy (non-hydrogen) atoms. The van der Waals surface area contributed by atoms with E-state index in [1.807, 2.05) is 0 Å². The van der Waals surface area contributed by atoms with Gasteiger partial charge in [0.05, 0.1) is 19.0 Å². The minimum Gasteiger partial charge on any atom is -0.444 e. The van der Waals surface area contributed by atoms with Crippen LogP contribution in [0.2, 0.25) is 0 Å². The van der Waals surface area contributed by atoms with Crippen LogP contribution >= 0.6 is 0 Å². The van der Waals surface area contributed by atoms with Crippen LogP contribution in [0.15, 0.2) is 6.33 Å². The van der Waals surface area contributed by atoms with Gasteiger partial charge in [0.2, 0.25) is 5.95 Å². The number of carbonyl (C=O) groups excluding carboxylic acids is 1. The number of ether oxygens (including phenoxy) is 2. The molecule has 2 aromatic heterocycles. The molecular formula is C17H27N7O4. The predicted molar refractivity (Wildman–Crippen MR) is 103 cm³/mol. The summed E-state index contributed by atoms with van der Waals surface area (Å²) in [6.45, 7) is 6.12. The Balaban J connectivity index is 1.63. The summed E-state index contributed by atoms with van der Waals surface area (Å²) in [5.41, 5.74) is 6.51. The number of fused-ring (bicyclic) bond motifs is 1.